The second-order valence-corrected chi connectivity index (χ2v) is 4.58. The summed E-state index contributed by atoms with van der Waals surface area (Å²) in [5.41, 5.74) is 1.05. The molecule has 1 aromatic rings. The van der Waals surface area contributed by atoms with E-state index in [1.165, 1.54) is 6.92 Å². The van der Waals surface area contributed by atoms with Gasteiger partial charge >= 0.3 is 0 Å². The van der Waals surface area contributed by atoms with Gasteiger partial charge in [0.2, 0.25) is 0 Å². The molecule has 1 atom stereocenters. The smallest absolute Gasteiger partial charge is 0.163 e. The lowest BCUT2D eigenvalue weighted by molar-refractivity contribution is 0.101. The van der Waals surface area contributed by atoms with Gasteiger partial charge in [0.25, 0.3) is 0 Å². The maximum atomic E-state index is 11.5. The SMILES string of the molecule is CCCC(C)COc1cc(C#N)ccc1C(C)=O. The molecule has 0 saturated heterocycles. The van der Waals surface area contributed by atoms with Crippen LogP contribution in [-0.4, -0.2) is 12.4 Å². The number of hydrogen-bond acceptors (Lipinski definition) is 3. The fraction of sp³-hybridized carbons (Fsp3) is 0.467. The van der Waals surface area contributed by atoms with Gasteiger partial charge in [-0.1, -0.05) is 20.3 Å². The van der Waals surface area contributed by atoms with Crippen molar-refractivity contribution in [1.82, 2.24) is 0 Å². The Balaban J connectivity index is 2.85. The number of benzene rings is 1. The Hall–Kier alpha value is -1.82. The molecule has 0 fully saturated rings. The van der Waals surface area contributed by atoms with E-state index in [1.54, 1.807) is 18.2 Å². The number of ether oxygens (including phenoxy) is 1. The fourth-order valence-electron chi connectivity index (χ4n) is 1.81. The minimum Gasteiger partial charge on any atom is -0.493 e. The molecular weight excluding hydrogens is 226 g/mol. The Morgan fingerprint density at radius 3 is 2.78 bits per heavy atom. The summed E-state index contributed by atoms with van der Waals surface area (Å²) in [6.45, 7) is 6.33. The third-order valence-corrected chi connectivity index (χ3v) is 2.79. The second kappa shape index (κ2) is 6.80. The first kappa shape index (κ1) is 14.2. The van der Waals surface area contributed by atoms with Crippen LogP contribution in [0.5, 0.6) is 5.75 Å². The zero-order valence-electron chi connectivity index (χ0n) is 11.2. The third-order valence-electron chi connectivity index (χ3n) is 2.79. The van der Waals surface area contributed by atoms with E-state index in [4.69, 9.17) is 10.00 Å². The summed E-state index contributed by atoms with van der Waals surface area (Å²) in [7, 11) is 0. The number of carbonyl (C=O) groups excluding carboxylic acids is 1. The van der Waals surface area contributed by atoms with Crippen molar-refractivity contribution in [3.8, 4) is 11.8 Å². The van der Waals surface area contributed by atoms with Gasteiger partial charge in [-0.25, -0.2) is 0 Å². The van der Waals surface area contributed by atoms with Crippen LogP contribution in [-0.2, 0) is 0 Å². The predicted octanol–water partition coefficient (Wildman–Crippen LogP) is 3.58. The highest BCUT2D eigenvalue weighted by atomic mass is 16.5. The highest BCUT2D eigenvalue weighted by molar-refractivity contribution is 5.97. The molecule has 0 bridgehead atoms. The largest absolute Gasteiger partial charge is 0.493 e. The molecule has 1 unspecified atom stereocenters. The van der Waals surface area contributed by atoms with Crippen LogP contribution >= 0.6 is 0 Å². The van der Waals surface area contributed by atoms with E-state index in [0.717, 1.165) is 12.8 Å². The van der Waals surface area contributed by atoms with Crippen molar-refractivity contribution < 1.29 is 9.53 Å². The van der Waals surface area contributed by atoms with Gasteiger partial charge in [0, 0.05) is 0 Å². The third kappa shape index (κ3) is 3.89. The Labute approximate surface area is 108 Å². The summed E-state index contributed by atoms with van der Waals surface area (Å²) in [6.07, 6.45) is 2.20. The van der Waals surface area contributed by atoms with Gasteiger partial charge in [0.15, 0.2) is 5.78 Å². The molecule has 1 rings (SSSR count). The summed E-state index contributed by atoms with van der Waals surface area (Å²) >= 11 is 0. The topological polar surface area (TPSA) is 50.1 Å². The van der Waals surface area contributed by atoms with Crippen LogP contribution in [0, 0.1) is 17.2 Å². The van der Waals surface area contributed by atoms with Gasteiger partial charge in [-0.2, -0.15) is 5.26 Å². The molecule has 0 aliphatic carbocycles. The zero-order valence-corrected chi connectivity index (χ0v) is 11.2. The van der Waals surface area contributed by atoms with E-state index < -0.39 is 0 Å². The average molecular weight is 245 g/mol. The maximum absolute atomic E-state index is 11.5. The summed E-state index contributed by atoms with van der Waals surface area (Å²) in [6, 6.07) is 6.98. The summed E-state index contributed by atoms with van der Waals surface area (Å²) < 4.78 is 5.68. The standard InChI is InChI=1S/C15H19NO2/c1-4-5-11(2)10-18-15-8-13(9-16)6-7-14(15)12(3)17/h6-8,11H,4-5,10H2,1-3H3. The van der Waals surface area contributed by atoms with Crippen LogP contribution in [0.15, 0.2) is 18.2 Å². The minimum atomic E-state index is -0.0439. The second-order valence-electron chi connectivity index (χ2n) is 4.58. The quantitative estimate of drug-likeness (QED) is 0.720. The molecule has 96 valence electrons. The first-order valence-corrected chi connectivity index (χ1v) is 6.26. The summed E-state index contributed by atoms with van der Waals surface area (Å²) in [5.74, 6) is 0.919. The monoisotopic (exact) mass is 245 g/mol. The van der Waals surface area contributed by atoms with Crippen LogP contribution in [0.3, 0.4) is 0 Å². The van der Waals surface area contributed by atoms with E-state index in [-0.39, 0.29) is 5.78 Å². The van der Waals surface area contributed by atoms with Crippen LogP contribution < -0.4 is 4.74 Å². The number of Topliss-reactive ketones (excluding diaryl/α,β-unsaturated/α-hetero) is 1. The summed E-state index contributed by atoms with van der Waals surface area (Å²) in [5, 5.41) is 8.86. The highest BCUT2D eigenvalue weighted by Crippen LogP contribution is 2.22. The summed E-state index contributed by atoms with van der Waals surface area (Å²) in [4.78, 5) is 11.5. The lowest BCUT2D eigenvalue weighted by atomic mass is 10.1. The lowest BCUT2D eigenvalue weighted by Gasteiger charge is -2.14. The van der Waals surface area contributed by atoms with Gasteiger partial charge in [0.1, 0.15) is 5.75 Å². The molecule has 3 heteroatoms. The molecule has 0 aromatic heterocycles. The van der Waals surface area contributed by atoms with Crippen molar-refractivity contribution in [3.05, 3.63) is 29.3 Å². The normalized spacial score (nSPS) is 11.7. The van der Waals surface area contributed by atoms with Gasteiger partial charge in [-0.15, -0.1) is 0 Å². The van der Waals surface area contributed by atoms with E-state index in [2.05, 4.69) is 19.9 Å². The number of rotatable bonds is 6. The van der Waals surface area contributed by atoms with Crippen molar-refractivity contribution in [2.45, 2.75) is 33.6 Å². The molecule has 0 heterocycles. The van der Waals surface area contributed by atoms with E-state index in [1.807, 2.05) is 0 Å². The molecule has 0 aliphatic rings. The fourth-order valence-corrected chi connectivity index (χ4v) is 1.81. The molecule has 18 heavy (non-hydrogen) atoms. The lowest BCUT2D eigenvalue weighted by Crippen LogP contribution is -2.10. The molecule has 0 amide bonds. The first-order chi connectivity index (χ1) is 8.58. The number of ketones is 1. The highest BCUT2D eigenvalue weighted by Gasteiger charge is 2.11. The molecule has 1 aromatic carbocycles. The number of carbonyl (C=O) groups is 1. The molecule has 0 spiro atoms. The van der Waals surface area contributed by atoms with Crippen molar-refractivity contribution in [2.75, 3.05) is 6.61 Å². The van der Waals surface area contributed by atoms with Gasteiger partial charge in [-0.3, -0.25) is 4.79 Å². The molecule has 0 N–H and O–H groups in total. The minimum absolute atomic E-state index is 0.0439. The predicted molar refractivity (Wildman–Crippen MR) is 70.7 cm³/mol. The molecular formula is C15H19NO2. The van der Waals surface area contributed by atoms with Gasteiger partial charge < -0.3 is 4.74 Å². The molecule has 0 aliphatic heterocycles. The number of nitrogens with zero attached hydrogens (tertiary/aromatic N) is 1. The molecule has 0 saturated carbocycles. The Kier molecular flexibility index (Phi) is 5.38. The van der Waals surface area contributed by atoms with E-state index in [9.17, 15) is 4.79 Å². The number of hydrogen-bond donors (Lipinski definition) is 0. The van der Waals surface area contributed by atoms with Gasteiger partial charge in [-0.05, 0) is 37.5 Å². The van der Waals surface area contributed by atoms with Crippen molar-refractivity contribution in [2.24, 2.45) is 5.92 Å². The van der Waals surface area contributed by atoms with E-state index in [0.29, 0.717) is 29.4 Å². The van der Waals surface area contributed by atoms with Crippen LogP contribution in [0.1, 0.15) is 49.5 Å². The van der Waals surface area contributed by atoms with Crippen molar-refractivity contribution in [3.63, 3.8) is 0 Å². The van der Waals surface area contributed by atoms with Crippen molar-refractivity contribution in [1.29, 1.82) is 5.26 Å². The number of nitriles is 1. The molecule has 0 radical (unpaired) electrons. The first-order valence-electron chi connectivity index (χ1n) is 6.26. The van der Waals surface area contributed by atoms with Crippen molar-refractivity contribution >= 4 is 5.78 Å². The van der Waals surface area contributed by atoms with Crippen LogP contribution in [0.2, 0.25) is 0 Å². The average Bonchev–Trinajstić information content (AvgIpc) is 2.36. The van der Waals surface area contributed by atoms with Crippen LogP contribution in [0.25, 0.3) is 0 Å². The Bertz CT molecular complexity index is 460. The van der Waals surface area contributed by atoms with Crippen LogP contribution in [0.4, 0.5) is 0 Å². The zero-order chi connectivity index (χ0) is 13.5. The molecule has 3 nitrogen and oxygen atoms in total. The van der Waals surface area contributed by atoms with Gasteiger partial charge in [0.05, 0.1) is 23.8 Å². The Morgan fingerprint density at radius 1 is 1.50 bits per heavy atom. The maximum Gasteiger partial charge on any atom is 0.163 e. The van der Waals surface area contributed by atoms with E-state index >= 15 is 0 Å². The Morgan fingerprint density at radius 2 is 2.22 bits per heavy atom.